The summed E-state index contributed by atoms with van der Waals surface area (Å²) >= 11 is 6.20. The van der Waals surface area contributed by atoms with Crippen molar-refractivity contribution in [3.63, 3.8) is 0 Å². The number of rotatable bonds is 6. The zero-order valence-electron chi connectivity index (χ0n) is 17.6. The first kappa shape index (κ1) is 21.7. The Morgan fingerprint density at radius 2 is 1.79 bits per heavy atom. The van der Waals surface area contributed by atoms with Gasteiger partial charge in [0.05, 0.1) is 30.3 Å². The zero-order chi connectivity index (χ0) is 23.7. The number of nitrogens with one attached hydrogen (secondary N) is 1. The van der Waals surface area contributed by atoms with Crippen LogP contribution in [0.2, 0.25) is 5.02 Å². The van der Waals surface area contributed by atoms with Crippen molar-refractivity contribution in [2.24, 2.45) is 0 Å². The SMILES string of the molecule is O=C(Nc1cnn(Cc2ccccc2Cl)c1)c1cnn2c(C(F)F)cc(-c3ccccc3)nc12. The number of nitrogens with zero attached hydrogens (tertiary/aromatic N) is 5. The van der Waals surface area contributed by atoms with Crippen LogP contribution in [0, 0.1) is 0 Å². The molecule has 3 heterocycles. The van der Waals surface area contributed by atoms with Gasteiger partial charge in [0.15, 0.2) is 5.65 Å². The molecule has 0 spiro atoms. The molecule has 10 heteroatoms. The van der Waals surface area contributed by atoms with Crippen LogP contribution in [0.5, 0.6) is 0 Å². The Bertz CT molecular complexity index is 1480. The molecule has 0 aliphatic heterocycles. The van der Waals surface area contributed by atoms with Gasteiger partial charge in [-0.1, -0.05) is 60.1 Å². The fourth-order valence-electron chi connectivity index (χ4n) is 3.57. The minimum atomic E-state index is -2.80. The molecule has 7 nitrogen and oxygen atoms in total. The average Bonchev–Trinajstić information content (AvgIpc) is 3.47. The first-order valence-electron chi connectivity index (χ1n) is 10.3. The normalized spacial score (nSPS) is 11.3. The lowest BCUT2D eigenvalue weighted by Gasteiger charge is -2.08. The maximum absolute atomic E-state index is 13.8. The number of fused-ring (bicyclic) bond motifs is 1. The maximum atomic E-state index is 13.8. The van der Waals surface area contributed by atoms with Gasteiger partial charge in [-0.3, -0.25) is 9.48 Å². The molecule has 0 radical (unpaired) electrons. The summed E-state index contributed by atoms with van der Waals surface area (Å²) in [5, 5.41) is 11.6. The van der Waals surface area contributed by atoms with Crippen LogP contribution in [0.3, 0.4) is 0 Å². The molecule has 2 aromatic carbocycles. The van der Waals surface area contributed by atoms with E-state index in [1.54, 1.807) is 41.2 Å². The predicted molar refractivity (Wildman–Crippen MR) is 124 cm³/mol. The van der Waals surface area contributed by atoms with Crippen LogP contribution in [0.1, 0.15) is 28.0 Å². The zero-order valence-corrected chi connectivity index (χ0v) is 18.3. The van der Waals surface area contributed by atoms with Gasteiger partial charge in [-0.15, -0.1) is 0 Å². The van der Waals surface area contributed by atoms with Gasteiger partial charge in [-0.2, -0.15) is 10.2 Å². The minimum Gasteiger partial charge on any atom is -0.319 e. The van der Waals surface area contributed by atoms with Crippen LogP contribution in [-0.4, -0.2) is 30.3 Å². The lowest BCUT2D eigenvalue weighted by Crippen LogP contribution is -2.12. The summed E-state index contributed by atoms with van der Waals surface area (Å²) < 4.78 is 30.1. The molecule has 0 saturated carbocycles. The fraction of sp³-hybridized carbons (Fsp3) is 0.0833. The highest BCUT2D eigenvalue weighted by molar-refractivity contribution is 6.31. The van der Waals surface area contributed by atoms with E-state index in [-0.39, 0.29) is 16.9 Å². The van der Waals surface area contributed by atoms with E-state index < -0.39 is 12.3 Å². The van der Waals surface area contributed by atoms with E-state index in [1.165, 1.54) is 18.5 Å². The second kappa shape index (κ2) is 9.03. The Balaban J connectivity index is 1.44. The van der Waals surface area contributed by atoms with Crippen LogP contribution < -0.4 is 5.32 Å². The standard InChI is InChI=1S/C24H17ClF2N6O/c25-19-9-5-4-8-16(19)13-32-14-17(11-28-32)30-24(34)18-12-29-33-21(22(26)27)10-20(31-23(18)33)15-6-2-1-3-7-15/h1-12,14,22H,13H2,(H,30,34). The number of benzene rings is 2. The van der Waals surface area contributed by atoms with Gasteiger partial charge in [0.1, 0.15) is 11.3 Å². The second-order valence-corrected chi connectivity index (χ2v) is 7.91. The third kappa shape index (κ3) is 4.25. The number of carbonyl (C=O) groups is 1. The van der Waals surface area contributed by atoms with Gasteiger partial charge >= 0.3 is 0 Å². The molecule has 5 aromatic rings. The Kier molecular flexibility index (Phi) is 5.77. The molecule has 1 N–H and O–H groups in total. The Morgan fingerprint density at radius 1 is 1.03 bits per heavy atom. The molecule has 0 aliphatic rings. The first-order valence-corrected chi connectivity index (χ1v) is 10.7. The summed E-state index contributed by atoms with van der Waals surface area (Å²) in [5.41, 5.74) is 2.05. The van der Waals surface area contributed by atoms with Gasteiger partial charge in [-0.25, -0.2) is 18.3 Å². The van der Waals surface area contributed by atoms with Gasteiger partial charge in [0.2, 0.25) is 0 Å². The Hall–Kier alpha value is -4.11. The smallest absolute Gasteiger partial charge is 0.280 e. The largest absolute Gasteiger partial charge is 0.319 e. The van der Waals surface area contributed by atoms with Crippen LogP contribution in [-0.2, 0) is 6.54 Å². The molecule has 170 valence electrons. The number of alkyl halides is 2. The van der Waals surface area contributed by atoms with Crippen molar-refractivity contribution in [2.75, 3.05) is 5.32 Å². The third-order valence-corrected chi connectivity index (χ3v) is 5.59. The molecule has 0 saturated heterocycles. The van der Waals surface area contributed by atoms with E-state index in [4.69, 9.17) is 11.6 Å². The van der Waals surface area contributed by atoms with Crippen LogP contribution >= 0.6 is 11.6 Å². The average molecular weight is 479 g/mol. The molecule has 1 amide bonds. The molecule has 0 aliphatic carbocycles. The van der Waals surface area contributed by atoms with E-state index >= 15 is 0 Å². The summed E-state index contributed by atoms with van der Waals surface area (Å²) in [6.45, 7) is 0.423. The summed E-state index contributed by atoms with van der Waals surface area (Å²) in [7, 11) is 0. The van der Waals surface area contributed by atoms with Crippen molar-refractivity contribution >= 4 is 28.8 Å². The van der Waals surface area contributed by atoms with E-state index in [2.05, 4.69) is 20.5 Å². The summed E-state index contributed by atoms with van der Waals surface area (Å²) in [6, 6.07) is 17.6. The second-order valence-electron chi connectivity index (χ2n) is 7.50. The molecule has 0 unspecified atom stereocenters. The third-order valence-electron chi connectivity index (χ3n) is 5.22. The summed E-state index contributed by atoms with van der Waals surface area (Å²) in [6.07, 6.45) is 1.58. The molecule has 0 bridgehead atoms. The monoisotopic (exact) mass is 478 g/mol. The molecular formula is C24H17ClF2N6O. The van der Waals surface area contributed by atoms with Crippen molar-refractivity contribution in [3.05, 3.63) is 101 Å². The highest BCUT2D eigenvalue weighted by atomic mass is 35.5. The van der Waals surface area contributed by atoms with E-state index in [9.17, 15) is 13.6 Å². The van der Waals surface area contributed by atoms with E-state index in [1.807, 2.05) is 24.3 Å². The number of hydrogen-bond acceptors (Lipinski definition) is 4. The number of hydrogen-bond donors (Lipinski definition) is 1. The number of halogens is 3. The van der Waals surface area contributed by atoms with E-state index in [0.717, 1.165) is 10.1 Å². The van der Waals surface area contributed by atoms with Gasteiger partial charge in [-0.05, 0) is 17.7 Å². The molecule has 0 atom stereocenters. The van der Waals surface area contributed by atoms with Gasteiger partial charge in [0.25, 0.3) is 12.3 Å². The molecule has 3 aromatic heterocycles. The molecule has 34 heavy (non-hydrogen) atoms. The summed E-state index contributed by atoms with van der Waals surface area (Å²) in [5.74, 6) is -0.537. The number of anilines is 1. The quantitative estimate of drug-likeness (QED) is 0.350. The first-order chi connectivity index (χ1) is 16.5. The fourth-order valence-corrected chi connectivity index (χ4v) is 3.77. The lowest BCUT2D eigenvalue weighted by molar-refractivity contribution is 0.102. The Labute approximate surface area is 197 Å². The molecule has 0 fully saturated rings. The summed E-state index contributed by atoms with van der Waals surface area (Å²) in [4.78, 5) is 17.4. The van der Waals surface area contributed by atoms with Crippen molar-refractivity contribution in [1.82, 2.24) is 24.4 Å². The van der Waals surface area contributed by atoms with E-state index in [0.29, 0.717) is 28.5 Å². The van der Waals surface area contributed by atoms with Crippen molar-refractivity contribution < 1.29 is 13.6 Å². The van der Waals surface area contributed by atoms with Crippen molar-refractivity contribution in [2.45, 2.75) is 13.0 Å². The van der Waals surface area contributed by atoms with Crippen LogP contribution in [0.25, 0.3) is 16.9 Å². The van der Waals surface area contributed by atoms with Crippen LogP contribution in [0.4, 0.5) is 14.5 Å². The van der Waals surface area contributed by atoms with Gasteiger partial charge < -0.3 is 5.32 Å². The topological polar surface area (TPSA) is 77.1 Å². The number of amides is 1. The molecule has 5 rings (SSSR count). The number of carbonyl (C=O) groups excluding carboxylic acids is 1. The Morgan fingerprint density at radius 3 is 2.56 bits per heavy atom. The van der Waals surface area contributed by atoms with Gasteiger partial charge in [0, 0.05) is 16.8 Å². The van der Waals surface area contributed by atoms with Crippen LogP contribution in [0.15, 0.2) is 79.3 Å². The highest BCUT2D eigenvalue weighted by Gasteiger charge is 2.22. The lowest BCUT2D eigenvalue weighted by atomic mass is 10.1. The maximum Gasteiger partial charge on any atom is 0.280 e. The minimum absolute atomic E-state index is 0.0395. The van der Waals surface area contributed by atoms with Crippen molar-refractivity contribution in [3.8, 4) is 11.3 Å². The molecular weight excluding hydrogens is 462 g/mol. The number of aromatic nitrogens is 5. The van der Waals surface area contributed by atoms with Crippen molar-refractivity contribution in [1.29, 1.82) is 0 Å². The highest BCUT2D eigenvalue weighted by Crippen LogP contribution is 2.27. The predicted octanol–water partition coefficient (Wildman–Crippen LogP) is 5.48.